The lowest BCUT2D eigenvalue weighted by atomic mass is 10.1. The van der Waals surface area contributed by atoms with E-state index in [0.717, 1.165) is 16.9 Å². The summed E-state index contributed by atoms with van der Waals surface area (Å²) < 4.78 is 19.6. The van der Waals surface area contributed by atoms with Crippen molar-refractivity contribution in [1.29, 1.82) is 0 Å². The van der Waals surface area contributed by atoms with Crippen LogP contribution in [0.3, 0.4) is 0 Å². The van der Waals surface area contributed by atoms with Gasteiger partial charge in [-0.25, -0.2) is 4.39 Å². The van der Waals surface area contributed by atoms with Crippen LogP contribution in [-0.4, -0.2) is 6.04 Å². The van der Waals surface area contributed by atoms with Gasteiger partial charge in [0, 0.05) is 18.7 Å². The van der Waals surface area contributed by atoms with Gasteiger partial charge >= 0.3 is 0 Å². The van der Waals surface area contributed by atoms with Crippen LogP contribution in [0.15, 0.2) is 36.4 Å². The Morgan fingerprint density at radius 3 is 2.76 bits per heavy atom. The highest BCUT2D eigenvalue weighted by molar-refractivity contribution is 5.42. The van der Waals surface area contributed by atoms with Crippen molar-refractivity contribution in [2.75, 3.05) is 0 Å². The molecule has 1 aliphatic carbocycles. The molecule has 3 rings (SSSR count). The van der Waals surface area contributed by atoms with Gasteiger partial charge in [0.15, 0.2) is 0 Å². The Bertz CT molecular complexity index is 650. The van der Waals surface area contributed by atoms with E-state index in [9.17, 15) is 4.39 Å². The van der Waals surface area contributed by atoms with Crippen molar-refractivity contribution in [1.82, 2.24) is 5.32 Å². The highest BCUT2D eigenvalue weighted by Gasteiger charge is 2.20. The minimum absolute atomic E-state index is 0.259. The third-order valence-electron chi connectivity index (χ3n) is 3.89. The molecule has 21 heavy (non-hydrogen) atoms. The van der Waals surface area contributed by atoms with Crippen LogP contribution in [0.2, 0.25) is 0 Å². The maximum atomic E-state index is 13.7. The van der Waals surface area contributed by atoms with Crippen LogP contribution >= 0.6 is 0 Å². The number of hydrogen-bond acceptors (Lipinski definition) is 2. The van der Waals surface area contributed by atoms with Crippen LogP contribution in [0, 0.1) is 19.7 Å². The molecular formula is C18H20FNO. The Balaban J connectivity index is 1.78. The minimum atomic E-state index is -0.259. The summed E-state index contributed by atoms with van der Waals surface area (Å²) in [5.74, 6) is 1.07. The number of aryl methyl sites for hydroxylation is 1. The molecule has 0 amide bonds. The first-order valence-corrected chi connectivity index (χ1v) is 7.39. The maximum Gasteiger partial charge on any atom is 0.130 e. The zero-order valence-electron chi connectivity index (χ0n) is 12.4. The zero-order chi connectivity index (χ0) is 14.8. The van der Waals surface area contributed by atoms with Gasteiger partial charge in [0.25, 0.3) is 0 Å². The van der Waals surface area contributed by atoms with Crippen molar-refractivity contribution in [3.05, 3.63) is 58.9 Å². The molecule has 0 saturated heterocycles. The van der Waals surface area contributed by atoms with Gasteiger partial charge < -0.3 is 10.1 Å². The highest BCUT2D eigenvalue weighted by atomic mass is 19.1. The normalized spacial score (nSPS) is 14.2. The third kappa shape index (κ3) is 3.61. The first kappa shape index (κ1) is 14.1. The molecule has 0 radical (unpaired) electrons. The molecule has 2 nitrogen and oxygen atoms in total. The summed E-state index contributed by atoms with van der Waals surface area (Å²) in [7, 11) is 0. The summed E-state index contributed by atoms with van der Waals surface area (Å²) in [6.07, 6.45) is 2.45. The standard InChI is InChI=1S/C18H20FNO/c1-12-4-3-5-18(13(12)2)21-17-9-14(8-15(19)10-17)11-20-16-6-7-16/h3-5,8-10,16,20H,6-7,11H2,1-2H3. The first-order valence-electron chi connectivity index (χ1n) is 7.39. The number of hydrogen-bond donors (Lipinski definition) is 1. The number of halogens is 1. The van der Waals surface area contributed by atoms with Crippen LogP contribution in [0.1, 0.15) is 29.5 Å². The van der Waals surface area contributed by atoms with Crippen molar-refractivity contribution in [2.24, 2.45) is 0 Å². The van der Waals surface area contributed by atoms with Gasteiger partial charge in [-0.05, 0) is 61.6 Å². The molecule has 0 aliphatic heterocycles. The van der Waals surface area contributed by atoms with Crippen LogP contribution < -0.4 is 10.1 Å². The summed E-state index contributed by atoms with van der Waals surface area (Å²) in [6.45, 7) is 4.74. The van der Waals surface area contributed by atoms with E-state index in [1.54, 1.807) is 6.07 Å². The molecule has 1 aliphatic rings. The maximum absolute atomic E-state index is 13.7. The number of nitrogens with one attached hydrogen (secondary N) is 1. The Hall–Kier alpha value is -1.87. The van der Waals surface area contributed by atoms with Gasteiger partial charge in [-0.3, -0.25) is 0 Å². The summed E-state index contributed by atoms with van der Waals surface area (Å²) in [4.78, 5) is 0. The first-order chi connectivity index (χ1) is 10.1. The molecule has 110 valence electrons. The predicted molar refractivity (Wildman–Crippen MR) is 82.3 cm³/mol. The second kappa shape index (κ2) is 5.86. The van der Waals surface area contributed by atoms with Crippen molar-refractivity contribution in [2.45, 2.75) is 39.3 Å². The second-order valence-electron chi connectivity index (χ2n) is 5.75. The monoisotopic (exact) mass is 285 g/mol. The van der Waals surface area contributed by atoms with Gasteiger partial charge in [0.1, 0.15) is 17.3 Å². The van der Waals surface area contributed by atoms with E-state index < -0.39 is 0 Å². The number of rotatable bonds is 5. The molecule has 2 aromatic carbocycles. The molecule has 0 heterocycles. The minimum Gasteiger partial charge on any atom is -0.457 e. The lowest BCUT2D eigenvalue weighted by Crippen LogP contribution is -2.15. The van der Waals surface area contributed by atoms with E-state index in [-0.39, 0.29) is 5.82 Å². The van der Waals surface area contributed by atoms with E-state index in [0.29, 0.717) is 18.3 Å². The molecule has 1 saturated carbocycles. The molecular weight excluding hydrogens is 265 g/mol. The quantitative estimate of drug-likeness (QED) is 0.874. The topological polar surface area (TPSA) is 21.3 Å². The molecule has 0 unspecified atom stereocenters. The average molecular weight is 285 g/mol. The van der Waals surface area contributed by atoms with Gasteiger partial charge in [-0.2, -0.15) is 0 Å². The van der Waals surface area contributed by atoms with Crippen LogP contribution in [0.5, 0.6) is 11.5 Å². The zero-order valence-corrected chi connectivity index (χ0v) is 12.4. The fraction of sp³-hybridized carbons (Fsp3) is 0.333. The highest BCUT2D eigenvalue weighted by Crippen LogP contribution is 2.28. The molecule has 0 aromatic heterocycles. The third-order valence-corrected chi connectivity index (χ3v) is 3.89. The van der Waals surface area contributed by atoms with E-state index in [1.807, 2.05) is 38.1 Å². The lowest BCUT2D eigenvalue weighted by molar-refractivity contribution is 0.471. The van der Waals surface area contributed by atoms with Crippen LogP contribution in [-0.2, 0) is 6.54 Å². The van der Waals surface area contributed by atoms with E-state index in [2.05, 4.69) is 5.32 Å². The van der Waals surface area contributed by atoms with Crippen molar-refractivity contribution < 1.29 is 9.13 Å². The number of ether oxygens (including phenoxy) is 1. The molecule has 1 N–H and O–H groups in total. The summed E-state index contributed by atoms with van der Waals surface area (Å²) in [5, 5.41) is 3.39. The smallest absolute Gasteiger partial charge is 0.130 e. The van der Waals surface area contributed by atoms with Crippen LogP contribution in [0.4, 0.5) is 4.39 Å². The Kier molecular flexibility index (Phi) is 3.93. The largest absolute Gasteiger partial charge is 0.457 e. The van der Waals surface area contributed by atoms with E-state index in [1.165, 1.54) is 24.5 Å². The van der Waals surface area contributed by atoms with Crippen LogP contribution in [0.25, 0.3) is 0 Å². The SMILES string of the molecule is Cc1cccc(Oc2cc(F)cc(CNC3CC3)c2)c1C. The summed E-state index contributed by atoms with van der Waals surface area (Å²) in [6, 6.07) is 11.4. The van der Waals surface area contributed by atoms with Crippen molar-refractivity contribution in [3.63, 3.8) is 0 Å². The van der Waals surface area contributed by atoms with E-state index in [4.69, 9.17) is 4.74 Å². The Morgan fingerprint density at radius 2 is 2.00 bits per heavy atom. The fourth-order valence-corrected chi connectivity index (χ4v) is 2.29. The Morgan fingerprint density at radius 1 is 1.19 bits per heavy atom. The second-order valence-corrected chi connectivity index (χ2v) is 5.75. The molecule has 0 spiro atoms. The predicted octanol–water partition coefficient (Wildman–Crippen LogP) is 4.49. The molecule has 1 fully saturated rings. The number of benzene rings is 2. The molecule has 2 aromatic rings. The van der Waals surface area contributed by atoms with Gasteiger partial charge in [0.2, 0.25) is 0 Å². The van der Waals surface area contributed by atoms with Crippen molar-refractivity contribution >= 4 is 0 Å². The lowest BCUT2D eigenvalue weighted by Gasteiger charge is -2.12. The van der Waals surface area contributed by atoms with Crippen molar-refractivity contribution in [3.8, 4) is 11.5 Å². The summed E-state index contributed by atoms with van der Waals surface area (Å²) in [5.41, 5.74) is 3.17. The van der Waals surface area contributed by atoms with E-state index >= 15 is 0 Å². The molecule has 0 atom stereocenters. The van der Waals surface area contributed by atoms with Gasteiger partial charge in [-0.15, -0.1) is 0 Å². The fourth-order valence-electron chi connectivity index (χ4n) is 2.29. The van der Waals surface area contributed by atoms with Gasteiger partial charge in [0.05, 0.1) is 0 Å². The summed E-state index contributed by atoms with van der Waals surface area (Å²) >= 11 is 0. The molecule has 3 heteroatoms. The molecule has 0 bridgehead atoms. The Labute approximate surface area is 125 Å². The van der Waals surface area contributed by atoms with Gasteiger partial charge in [-0.1, -0.05) is 12.1 Å². The average Bonchev–Trinajstić information content (AvgIpc) is 3.25.